The van der Waals surface area contributed by atoms with Gasteiger partial charge in [0, 0.05) is 12.2 Å². The highest BCUT2D eigenvalue weighted by atomic mass is 16.5. The van der Waals surface area contributed by atoms with Gasteiger partial charge in [-0.15, -0.1) is 0 Å². The average Bonchev–Trinajstić information content (AvgIpc) is 2.60. The first-order valence-corrected chi connectivity index (χ1v) is 8.89. The van der Waals surface area contributed by atoms with E-state index in [1.54, 1.807) is 24.3 Å². The van der Waals surface area contributed by atoms with Crippen LogP contribution in [-0.2, 0) is 9.47 Å². The van der Waals surface area contributed by atoms with Gasteiger partial charge in [-0.1, -0.05) is 46.2 Å². The van der Waals surface area contributed by atoms with Crippen molar-refractivity contribution in [3.8, 4) is 0 Å². The SMILES string of the molecule is CC.CC(C)OCCCCOC(=O)c1ccc(C=O)cc1.CCC. The number of ether oxygens (including phenoxy) is 2. The van der Waals surface area contributed by atoms with Gasteiger partial charge in [0.1, 0.15) is 6.29 Å². The van der Waals surface area contributed by atoms with Crippen molar-refractivity contribution in [3.05, 3.63) is 35.4 Å². The van der Waals surface area contributed by atoms with E-state index in [4.69, 9.17) is 9.47 Å². The van der Waals surface area contributed by atoms with Gasteiger partial charge >= 0.3 is 5.97 Å². The number of benzene rings is 1. The Kier molecular flexibility index (Phi) is 18.1. The van der Waals surface area contributed by atoms with Gasteiger partial charge in [-0.2, -0.15) is 0 Å². The van der Waals surface area contributed by atoms with Gasteiger partial charge < -0.3 is 9.47 Å². The lowest BCUT2D eigenvalue weighted by Crippen LogP contribution is -2.08. The van der Waals surface area contributed by atoms with Crippen LogP contribution in [0.15, 0.2) is 24.3 Å². The number of carbonyl (C=O) groups is 2. The minimum atomic E-state index is -0.359. The molecular formula is C20H34O4. The Bertz CT molecular complexity index is 410. The van der Waals surface area contributed by atoms with Crippen molar-refractivity contribution in [2.75, 3.05) is 13.2 Å². The first-order valence-electron chi connectivity index (χ1n) is 8.89. The molecule has 0 spiro atoms. The van der Waals surface area contributed by atoms with Crippen LogP contribution < -0.4 is 0 Å². The predicted octanol–water partition coefficient (Wildman–Crippen LogP) is 5.30. The molecule has 0 aliphatic carbocycles. The van der Waals surface area contributed by atoms with E-state index >= 15 is 0 Å². The molecule has 0 radical (unpaired) electrons. The van der Waals surface area contributed by atoms with E-state index in [0.717, 1.165) is 19.1 Å². The molecule has 0 amide bonds. The highest BCUT2D eigenvalue weighted by Crippen LogP contribution is 2.05. The Morgan fingerprint density at radius 1 is 1.04 bits per heavy atom. The first-order chi connectivity index (χ1) is 11.5. The number of carbonyl (C=O) groups excluding carboxylic acids is 2. The van der Waals surface area contributed by atoms with Gasteiger partial charge in [-0.05, 0) is 38.8 Å². The smallest absolute Gasteiger partial charge is 0.338 e. The van der Waals surface area contributed by atoms with Gasteiger partial charge in [-0.25, -0.2) is 4.79 Å². The molecule has 0 atom stereocenters. The Labute approximate surface area is 147 Å². The lowest BCUT2D eigenvalue weighted by molar-refractivity contribution is 0.0452. The molecule has 0 unspecified atom stereocenters. The van der Waals surface area contributed by atoms with Crippen LogP contribution in [0.4, 0.5) is 0 Å². The molecule has 0 aliphatic heterocycles. The molecule has 0 aliphatic rings. The third kappa shape index (κ3) is 13.9. The molecule has 0 saturated heterocycles. The minimum Gasteiger partial charge on any atom is -0.462 e. The van der Waals surface area contributed by atoms with E-state index < -0.39 is 0 Å². The molecule has 1 rings (SSSR count). The van der Waals surface area contributed by atoms with E-state index in [1.165, 1.54) is 6.42 Å². The third-order valence-corrected chi connectivity index (χ3v) is 2.51. The molecule has 1 aromatic rings. The molecule has 0 heterocycles. The van der Waals surface area contributed by atoms with E-state index in [-0.39, 0.29) is 12.1 Å². The summed E-state index contributed by atoms with van der Waals surface area (Å²) in [5, 5.41) is 0. The van der Waals surface area contributed by atoms with Crippen LogP contribution in [0.1, 0.15) is 81.5 Å². The van der Waals surface area contributed by atoms with Crippen LogP contribution in [0, 0.1) is 0 Å². The topological polar surface area (TPSA) is 52.6 Å². The largest absolute Gasteiger partial charge is 0.462 e. The molecule has 0 N–H and O–H groups in total. The molecule has 1 aromatic carbocycles. The number of unbranched alkanes of at least 4 members (excludes halogenated alkanes) is 1. The molecule has 24 heavy (non-hydrogen) atoms. The van der Waals surface area contributed by atoms with Crippen LogP contribution in [0.3, 0.4) is 0 Å². The maximum absolute atomic E-state index is 11.6. The number of esters is 1. The van der Waals surface area contributed by atoms with Crippen LogP contribution in [0.2, 0.25) is 0 Å². The highest BCUT2D eigenvalue weighted by molar-refractivity contribution is 5.90. The molecule has 0 saturated carbocycles. The van der Waals surface area contributed by atoms with Crippen molar-refractivity contribution >= 4 is 12.3 Å². The predicted molar refractivity (Wildman–Crippen MR) is 99.7 cm³/mol. The lowest BCUT2D eigenvalue weighted by Gasteiger charge is -2.07. The van der Waals surface area contributed by atoms with Gasteiger partial charge in [0.2, 0.25) is 0 Å². The maximum Gasteiger partial charge on any atom is 0.338 e. The monoisotopic (exact) mass is 338 g/mol. The van der Waals surface area contributed by atoms with E-state index in [0.29, 0.717) is 24.3 Å². The summed E-state index contributed by atoms with van der Waals surface area (Å²) in [5.41, 5.74) is 1.01. The van der Waals surface area contributed by atoms with Crippen LogP contribution in [0.5, 0.6) is 0 Å². The fourth-order valence-corrected chi connectivity index (χ4v) is 1.47. The zero-order chi connectivity index (χ0) is 18.8. The van der Waals surface area contributed by atoms with E-state index in [1.807, 2.05) is 27.7 Å². The Morgan fingerprint density at radius 2 is 1.54 bits per heavy atom. The molecule has 4 nitrogen and oxygen atoms in total. The quantitative estimate of drug-likeness (QED) is 0.366. The Hall–Kier alpha value is -1.68. The van der Waals surface area contributed by atoms with Gasteiger partial charge in [0.25, 0.3) is 0 Å². The fourth-order valence-electron chi connectivity index (χ4n) is 1.47. The van der Waals surface area contributed by atoms with Crippen LogP contribution in [-0.4, -0.2) is 31.6 Å². The summed E-state index contributed by atoms with van der Waals surface area (Å²) in [6.45, 7) is 13.3. The summed E-state index contributed by atoms with van der Waals surface area (Å²) in [7, 11) is 0. The molecular weight excluding hydrogens is 304 g/mol. The van der Waals surface area contributed by atoms with Crippen molar-refractivity contribution in [2.24, 2.45) is 0 Å². The zero-order valence-electron chi connectivity index (χ0n) is 16.1. The zero-order valence-corrected chi connectivity index (χ0v) is 16.1. The average molecular weight is 338 g/mol. The minimum absolute atomic E-state index is 0.235. The number of aldehydes is 1. The molecule has 4 heteroatoms. The second-order valence-corrected chi connectivity index (χ2v) is 5.21. The molecule has 138 valence electrons. The molecule has 0 bridgehead atoms. The van der Waals surface area contributed by atoms with Crippen molar-refractivity contribution in [1.29, 1.82) is 0 Å². The second kappa shape index (κ2) is 17.7. The Balaban J connectivity index is 0. The van der Waals surface area contributed by atoms with Crippen molar-refractivity contribution in [1.82, 2.24) is 0 Å². The fraction of sp³-hybridized carbons (Fsp3) is 0.600. The number of hydrogen-bond acceptors (Lipinski definition) is 4. The molecule has 0 aromatic heterocycles. The summed E-state index contributed by atoms with van der Waals surface area (Å²) >= 11 is 0. The van der Waals surface area contributed by atoms with Crippen molar-refractivity contribution in [2.45, 2.75) is 66.9 Å². The summed E-state index contributed by atoms with van der Waals surface area (Å²) in [5.74, 6) is -0.359. The van der Waals surface area contributed by atoms with Crippen molar-refractivity contribution in [3.63, 3.8) is 0 Å². The standard InChI is InChI=1S/C15H20O4.C3H8.C2H6/c1-12(2)18-9-3-4-10-19-15(17)14-7-5-13(11-16)6-8-14;1-3-2;1-2/h5-8,11-12H,3-4,9-10H2,1-2H3;3H2,1-2H3;1-2H3. The highest BCUT2D eigenvalue weighted by Gasteiger charge is 2.06. The van der Waals surface area contributed by atoms with Crippen LogP contribution >= 0.6 is 0 Å². The van der Waals surface area contributed by atoms with Gasteiger partial charge in [0.05, 0.1) is 18.3 Å². The normalized spacial score (nSPS) is 9.29. The summed E-state index contributed by atoms with van der Waals surface area (Å²) in [4.78, 5) is 22.1. The number of hydrogen-bond donors (Lipinski definition) is 0. The Morgan fingerprint density at radius 3 is 2.00 bits per heavy atom. The first kappa shape index (κ1) is 24.6. The van der Waals surface area contributed by atoms with Crippen LogP contribution in [0.25, 0.3) is 0 Å². The molecule has 0 fully saturated rings. The van der Waals surface area contributed by atoms with Crippen molar-refractivity contribution < 1.29 is 19.1 Å². The summed E-state index contributed by atoms with van der Waals surface area (Å²) in [6.07, 6.45) is 3.88. The van der Waals surface area contributed by atoms with Gasteiger partial charge in [-0.3, -0.25) is 4.79 Å². The lowest BCUT2D eigenvalue weighted by atomic mass is 10.1. The second-order valence-electron chi connectivity index (χ2n) is 5.21. The summed E-state index contributed by atoms with van der Waals surface area (Å²) in [6, 6.07) is 6.38. The maximum atomic E-state index is 11.6. The number of rotatable bonds is 8. The third-order valence-electron chi connectivity index (χ3n) is 2.51. The van der Waals surface area contributed by atoms with E-state index in [2.05, 4.69) is 13.8 Å². The van der Waals surface area contributed by atoms with E-state index in [9.17, 15) is 9.59 Å². The summed E-state index contributed by atoms with van der Waals surface area (Å²) < 4.78 is 10.5. The van der Waals surface area contributed by atoms with Gasteiger partial charge in [0.15, 0.2) is 0 Å².